The van der Waals surface area contributed by atoms with Crippen molar-refractivity contribution in [3.8, 4) is 0 Å². The summed E-state index contributed by atoms with van der Waals surface area (Å²) in [6.07, 6.45) is -4.11. The first kappa shape index (κ1) is 31.7. The number of rotatable bonds is 9. The number of amides is 1. The molecule has 0 radical (unpaired) electrons. The predicted octanol–water partition coefficient (Wildman–Crippen LogP) is 1.26. The Labute approximate surface area is 236 Å². The molecule has 4 N–H and O–H groups in total. The standard InChI is InChI=1S/C26H37N5O10/c1-13(2)22(34)30-21-15-8-9-17(31(15)29-11-28-21)26(7)20(33)18(40-24(36)39-12-38-14(3)32)16(41-26)10-37-23(35)19(27)25(4,5)6/h8-9,11,13,16,18-20,33H,10,12,27H2,1-7H3,(H,28,29,30,34)/t16-,18-,19-,20-,26+/m1/s1. The fourth-order valence-electron chi connectivity index (χ4n) is 4.03. The number of anilines is 1. The van der Waals surface area contributed by atoms with Gasteiger partial charge in [-0.2, -0.15) is 5.10 Å². The minimum Gasteiger partial charge on any atom is -0.462 e. The Balaban J connectivity index is 1.91. The number of nitrogens with zero attached hydrogens (tertiary/aromatic N) is 3. The summed E-state index contributed by atoms with van der Waals surface area (Å²) in [5.74, 6) is -1.71. The second-order valence-corrected chi connectivity index (χ2v) is 11.2. The summed E-state index contributed by atoms with van der Waals surface area (Å²) in [7, 11) is 0. The predicted molar refractivity (Wildman–Crippen MR) is 141 cm³/mol. The molecule has 226 valence electrons. The molecule has 1 aliphatic heterocycles. The molecule has 0 aliphatic carbocycles. The highest BCUT2D eigenvalue weighted by atomic mass is 16.8. The van der Waals surface area contributed by atoms with Crippen LogP contribution in [0.5, 0.6) is 0 Å². The van der Waals surface area contributed by atoms with Gasteiger partial charge in [0.2, 0.25) is 12.7 Å². The topological polar surface area (TPSA) is 203 Å². The zero-order valence-corrected chi connectivity index (χ0v) is 24.1. The smallest absolute Gasteiger partial charge is 0.462 e. The third kappa shape index (κ3) is 7.10. The molecule has 0 aromatic carbocycles. The molecule has 3 rings (SSSR count). The third-order valence-electron chi connectivity index (χ3n) is 6.61. The highest BCUT2D eigenvalue weighted by Gasteiger charge is 2.56. The van der Waals surface area contributed by atoms with E-state index in [-0.39, 0.29) is 17.6 Å². The summed E-state index contributed by atoms with van der Waals surface area (Å²) in [5, 5.41) is 18.4. The maximum absolute atomic E-state index is 12.6. The Morgan fingerprint density at radius 2 is 1.88 bits per heavy atom. The van der Waals surface area contributed by atoms with Gasteiger partial charge in [-0.15, -0.1) is 0 Å². The lowest BCUT2D eigenvalue weighted by molar-refractivity contribution is -0.156. The van der Waals surface area contributed by atoms with E-state index in [9.17, 15) is 24.3 Å². The second kappa shape index (κ2) is 12.4. The first-order chi connectivity index (χ1) is 19.1. The SMILES string of the molecule is CC(=O)OCOC(=O)O[C@H]1[C@@H](O)[C@](C)(c2ccc3c(NC(=O)C(C)C)ncnn23)O[C@@H]1COC(=O)[C@@H](N)C(C)(C)C. The third-order valence-corrected chi connectivity index (χ3v) is 6.61. The van der Waals surface area contributed by atoms with Crippen LogP contribution in [-0.2, 0) is 43.7 Å². The molecule has 0 saturated carbocycles. The molecule has 0 spiro atoms. The highest BCUT2D eigenvalue weighted by Crippen LogP contribution is 2.42. The van der Waals surface area contributed by atoms with Crippen molar-refractivity contribution in [2.75, 3.05) is 18.7 Å². The zero-order valence-electron chi connectivity index (χ0n) is 24.1. The van der Waals surface area contributed by atoms with Gasteiger partial charge in [-0.1, -0.05) is 34.6 Å². The number of hydrogen-bond acceptors (Lipinski definition) is 13. The molecule has 5 atom stereocenters. The van der Waals surface area contributed by atoms with Gasteiger partial charge in [-0.05, 0) is 24.5 Å². The van der Waals surface area contributed by atoms with Crippen LogP contribution in [0, 0.1) is 11.3 Å². The van der Waals surface area contributed by atoms with Crippen LogP contribution in [0.15, 0.2) is 18.5 Å². The van der Waals surface area contributed by atoms with Gasteiger partial charge in [0.05, 0.1) is 5.69 Å². The molecule has 15 heteroatoms. The van der Waals surface area contributed by atoms with Gasteiger partial charge < -0.3 is 39.8 Å². The van der Waals surface area contributed by atoms with E-state index in [1.807, 2.05) is 0 Å². The van der Waals surface area contributed by atoms with Crippen LogP contribution in [0.1, 0.15) is 54.2 Å². The van der Waals surface area contributed by atoms with Crippen molar-refractivity contribution in [1.82, 2.24) is 14.6 Å². The van der Waals surface area contributed by atoms with Crippen LogP contribution in [-0.4, -0.2) is 81.5 Å². The van der Waals surface area contributed by atoms with E-state index in [0.29, 0.717) is 11.2 Å². The Morgan fingerprint density at radius 3 is 2.49 bits per heavy atom. The van der Waals surface area contributed by atoms with Gasteiger partial charge in [-0.3, -0.25) is 14.4 Å². The van der Waals surface area contributed by atoms with Gasteiger partial charge in [0.15, 0.2) is 11.9 Å². The van der Waals surface area contributed by atoms with Gasteiger partial charge in [0.1, 0.15) is 42.3 Å². The van der Waals surface area contributed by atoms with Crippen molar-refractivity contribution in [3.63, 3.8) is 0 Å². The number of aromatic nitrogens is 3. The molecular formula is C26H37N5O10. The van der Waals surface area contributed by atoms with Gasteiger partial charge in [0.25, 0.3) is 0 Å². The largest absolute Gasteiger partial charge is 0.511 e. The molecule has 15 nitrogen and oxygen atoms in total. The summed E-state index contributed by atoms with van der Waals surface area (Å²) < 4.78 is 27.7. The van der Waals surface area contributed by atoms with Gasteiger partial charge >= 0.3 is 18.1 Å². The first-order valence-corrected chi connectivity index (χ1v) is 12.9. The van der Waals surface area contributed by atoms with Crippen LogP contribution >= 0.6 is 0 Å². The minimum absolute atomic E-state index is 0.240. The van der Waals surface area contributed by atoms with Crippen molar-refractivity contribution < 1.29 is 48.0 Å². The zero-order chi connectivity index (χ0) is 30.7. The number of aliphatic hydroxyl groups is 1. The number of aliphatic hydroxyl groups excluding tert-OH is 1. The number of ether oxygens (including phenoxy) is 5. The number of nitrogens with one attached hydrogen (secondary N) is 1. The molecule has 3 heterocycles. The maximum atomic E-state index is 12.6. The molecule has 2 aromatic heterocycles. The first-order valence-electron chi connectivity index (χ1n) is 12.9. The molecule has 1 saturated heterocycles. The average molecular weight is 580 g/mol. The summed E-state index contributed by atoms with van der Waals surface area (Å²) in [6.45, 7) is 10.3. The summed E-state index contributed by atoms with van der Waals surface area (Å²) in [6, 6.07) is 2.28. The Kier molecular flexibility index (Phi) is 9.56. The van der Waals surface area contributed by atoms with Crippen molar-refractivity contribution in [2.45, 2.75) is 78.4 Å². The second-order valence-electron chi connectivity index (χ2n) is 11.2. The monoisotopic (exact) mass is 579 g/mol. The number of nitrogens with two attached hydrogens (primary N) is 1. The lowest BCUT2D eigenvalue weighted by Crippen LogP contribution is -2.45. The van der Waals surface area contributed by atoms with Crippen LogP contribution in [0.25, 0.3) is 5.52 Å². The fourth-order valence-corrected chi connectivity index (χ4v) is 4.03. The van der Waals surface area contributed by atoms with Crippen LogP contribution in [0.2, 0.25) is 0 Å². The molecule has 1 fully saturated rings. The summed E-state index contributed by atoms with van der Waals surface area (Å²) in [4.78, 5) is 52.4. The number of esters is 2. The van der Waals surface area contributed by atoms with E-state index < -0.39 is 66.9 Å². The molecule has 1 aliphatic rings. The summed E-state index contributed by atoms with van der Waals surface area (Å²) in [5.41, 5.74) is 4.58. The van der Waals surface area contributed by atoms with E-state index in [0.717, 1.165) is 6.92 Å². The van der Waals surface area contributed by atoms with Crippen molar-refractivity contribution in [3.05, 3.63) is 24.2 Å². The van der Waals surface area contributed by atoms with E-state index in [4.69, 9.17) is 24.7 Å². The quantitative estimate of drug-likeness (QED) is 0.218. The Hall–Kier alpha value is -3.82. The normalized spacial score (nSPS) is 23.2. The highest BCUT2D eigenvalue weighted by molar-refractivity contribution is 5.94. The van der Waals surface area contributed by atoms with Crippen LogP contribution in [0.3, 0.4) is 0 Å². The Morgan fingerprint density at radius 1 is 1.20 bits per heavy atom. The number of fused-ring (bicyclic) bond motifs is 1. The molecule has 41 heavy (non-hydrogen) atoms. The average Bonchev–Trinajstić information content (AvgIpc) is 3.42. The molecule has 1 amide bonds. The lowest BCUT2D eigenvalue weighted by Gasteiger charge is -2.27. The van der Waals surface area contributed by atoms with E-state index in [1.54, 1.807) is 46.8 Å². The van der Waals surface area contributed by atoms with Gasteiger partial charge in [-0.25, -0.2) is 14.3 Å². The van der Waals surface area contributed by atoms with E-state index in [1.165, 1.54) is 17.8 Å². The Bertz CT molecular complexity index is 1290. The number of carbonyl (C=O) groups is 4. The van der Waals surface area contributed by atoms with E-state index in [2.05, 4.69) is 20.1 Å². The summed E-state index contributed by atoms with van der Waals surface area (Å²) >= 11 is 0. The van der Waals surface area contributed by atoms with E-state index >= 15 is 0 Å². The minimum atomic E-state index is -1.57. The molecule has 0 unspecified atom stereocenters. The van der Waals surface area contributed by atoms with Crippen LogP contribution in [0.4, 0.5) is 10.6 Å². The molecule has 2 aromatic rings. The number of carbonyl (C=O) groups excluding carboxylic acids is 4. The van der Waals surface area contributed by atoms with Crippen molar-refractivity contribution >= 4 is 35.3 Å². The lowest BCUT2D eigenvalue weighted by atomic mass is 9.87. The van der Waals surface area contributed by atoms with Gasteiger partial charge in [0, 0.05) is 12.8 Å². The molecule has 0 bridgehead atoms. The van der Waals surface area contributed by atoms with Crippen molar-refractivity contribution in [1.29, 1.82) is 0 Å². The number of hydrogen-bond donors (Lipinski definition) is 3. The van der Waals surface area contributed by atoms with Crippen LogP contribution < -0.4 is 11.1 Å². The molecular weight excluding hydrogens is 542 g/mol. The fraction of sp³-hybridized carbons (Fsp3) is 0.615. The van der Waals surface area contributed by atoms with Crippen molar-refractivity contribution in [2.24, 2.45) is 17.1 Å². The maximum Gasteiger partial charge on any atom is 0.511 e.